The van der Waals surface area contributed by atoms with Gasteiger partial charge in [0.25, 0.3) is 0 Å². The van der Waals surface area contributed by atoms with Gasteiger partial charge in [0.2, 0.25) is 0 Å². The number of methoxy groups -OCH3 is 1. The molecule has 0 aliphatic carbocycles. The van der Waals surface area contributed by atoms with Crippen LogP contribution in [0.2, 0.25) is 0 Å². The van der Waals surface area contributed by atoms with Gasteiger partial charge in [0.05, 0.1) is 7.11 Å². The molecule has 0 atom stereocenters. The van der Waals surface area contributed by atoms with Crippen LogP contribution in [0.3, 0.4) is 0 Å². The molecule has 3 rings (SSSR count). The maximum absolute atomic E-state index is 13.5. The Labute approximate surface area is 177 Å². The Morgan fingerprint density at radius 3 is 2.55 bits per heavy atom. The van der Waals surface area contributed by atoms with E-state index >= 15 is 0 Å². The zero-order valence-corrected chi connectivity index (χ0v) is 17.6. The van der Waals surface area contributed by atoms with Crippen LogP contribution in [0.25, 0.3) is 0 Å². The van der Waals surface area contributed by atoms with Gasteiger partial charge in [0.1, 0.15) is 22.2 Å². The maximum Gasteiger partial charge on any atom is 0.344 e. The molecule has 0 amide bonds. The first-order valence-corrected chi connectivity index (χ1v) is 11.0. The van der Waals surface area contributed by atoms with E-state index in [9.17, 15) is 9.18 Å². The van der Waals surface area contributed by atoms with Crippen LogP contribution in [0.15, 0.2) is 64.8 Å². The summed E-state index contributed by atoms with van der Waals surface area (Å²) in [6.45, 7) is 0.315. The van der Waals surface area contributed by atoms with Gasteiger partial charge in [-0.15, -0.1) is 11.8 Å². The summed E-state index contributed by atoms with van der Waals surface area (Å²) in [7, 11) is 1.33. The lowest BCUT2D eigenvalue weighted by atomic mass is 10.2. The van der Waals surface area contributed by atoms with E-state index in [4.69, 9.17) is 4.74 Å². The van der Waals surface area contributed by atoms with Crippen molar-refractivity contribution in [3.63, 3.8) is 0 Å². The van der Waals surface area contributed by atoms with Crippen molar-refractivity contribution in [2.24, 2.45) is 0 Å². The third-order valence-electron chi connectivity index (χ3n) is 3.99. The summed E-state index contributed by atoms with van der Waals surface area (Å²) in [5.41, 5.74) is 2.14. The molecule has 1 aromatic heterocycles. The van der Waals surface area contributed by atoms with Crippen molar-refractivity contribution in [1.82, 2.24) is 9.97 Å². The van der Waals surface area contributed by atoms with Gasteiger partial charge >= 0.3 is 5.97 Å². The quantitative estimate of drug-likeness (QED) is 0.233. The molecule has 0 bridgehead atoms. The minimum Gasteiger partial charge on any atom is -0.465 e. The molecule has 0 radical (unpaired) electrons. The number of esters is 1. The van der Waals surface area contributed by atoms with Crippen molar-refractivity contribution in [1.29, 1.82) is 0 Å². The number of benzene rings is 2. The number of halogens is 1. The molecule has 29 heavy (non-hydrogen) atoms. The van der Waals surface area contributed by atoms with Crippen molar-refractivity contribution in [3.8, 4) is 0 Å². The van der Waals surface area contributed by atoms with E-state index in [0.717, 1.165) is 11.1 Å². The SMILES string of the molecule is COC(=O)c1c(NCc2cccc(F)c2)nc(SC)nc1SCc1ccccc1. The van der Waals surface area contributed by atoms with Crippen LogP contribution >= 0.6 is 23.5 Å². The molecule has 0 fully saturated rings. The Morgan fingerprint density at radius 1 is 1.10 bits per heavy atom. The second-order valence-corrected chi connectivity index (χ2v) is 7.73. The van der Waals surface area contributed by atoms with Gasteiger partial charge in [-0.2, -0.15) is 0 Å². The molecule has 0 saturated carbocycles. The van der Waals surface area contributed by atoms with E-state index in [1.54, 1.807) is 12.1 Å². The smallest absolute Gasteiger partial charge is 0.344 e. The zero-order valence-electron chi connectivity index (χ0n) is 16.0. The van der Waals surface area contributed by atoms with Crippen molar-refractivity contribution in [3.05, 3.63) is 77.1 Å². The average Bonchev–Trinajstić information content (AvgIpc) is 2.76. The van der Waals surface area contributed by atoms with E-state index in [-0.39, 0.29) is 11.4 Å². The predicted molar refractivity (Wildman–Crippen MR) is 115 cm³/mol. The molecule has 1 heterocycles. The molecule has 0 aliphatic rings. The molecule has 8 heteroatoms. The minimum absolute atomic E-state index is 0.280. The third kappa shape index (κ3) is 5.71. The molecule has 2 aromatic carbocycles. The van der Waals surface area contributed by atoms with Gasteiger partial charge in [-0.05, 0) is 29.5 Å². The number of hydrogen-bond donors (Lipinski definition) is 1. The topological polar surface area (TPSA) is 64.1 Å². The fourth-order valence-electron chi connectivity index (χ4n) is 2.59. The maximum atomic E-state index is 13.5. The first-order chi connectivity index (χ1) is 14.1. The normalized spacial score (nSPS) is 10.6. The number of carbonyl (C=O) groups is 1. The number of carbonyl (C=O) groups excluding carboxylic acids is 1. The lowest BCUT2D eigenvalue weighted by molar-refractivity contribution is 0.0596. The molecule has 0 aliphatic heterocycles. The Morgan fingerprint density at radius 2 is 1.86 bits per heavy atom. The zero-order chi connectivity index (χ0) is 20.6. The molecule has 0 saturated heterocycles. The van der Waals surface area contributed by atoms with Gasteiger partial charge in [-0.1, -0.05) is 54.2 Å². The number of ether oxygens (including phenoxy) is 1. The molecule has 5 nitrogen and oxygen atoms in total. The number of thioether (sulfide) groups is 2. The number of nitrogens with one attached hydrogen (secondary N) is 1. The highest BCUT2D eigenvalue weighted by Gasteiger charge is 2.22. The van der Waals surface area contributed by atoms with Crippen LogP contribution in [0.1, 0.15) is 21.5 Å². The monoisotopic (exact) mass is 429 g/mol. The minimum atomic E-state index is -0.519. The first kappa shape index (κ1) is 21.1. The van der Waals surface area contributed by atoms with Crippen molar-refractivity contribution < 1.29 is 13.9 Å². The summed E-state index contributed by atoms with van der Waals surface area (Å²) in [5, 5.41) is 4.22. The van der Waals surface area contributed by atoms with Gasteiger partial charge in [0.15, 0.2) is 5.16 Å². The predicted octanol–water partition coefficient (Wildman–Crippen LogP) is 5.03. The highest BCUT2D eigenvalue weighted by molar-refractivity contribution is 7.99. The molecule has 0 unspecified atom stereocenters. The van der Waals surface area contributed by atoms with Crippen LogP contribution in [0.4, 0.5) is 10.2 Å². The number of hydrogen-bond acceptors (Lipinski definition) is 7. The largest absolute Gasteiger partial charge is 0.465 e. The van der Waals surface area contributed by atoms with E-state index in [2.05, 4.69) is 15.3 Å². The van der Waals surface area contributed by atoms with Crippen LogP contribution in [0, 0.1) is 5.82 Å². The van der Waals surface area contributed by atoms with Crippen molar-refractivity contribution >= 4 is 35.3 Å². The van der Waals surface area contributed by atoms with Gasteiger partial charge < -0.3 is 10.1 Å². The molecular weight excluding hydrogens is 409 g/mol. The van der Waals surface area contributed by atoms with Crippen LogP contribution in [0.5, 0.6) is 0 Å². The van der Waals surface area contributed by atoms with Crippen LogP contribution < -0.4 is 5.32 Å². The molecule has 150 valence electrons. The Kier molecular flexibility index (Phi) is 7.48. The summed E-state index contributed by atoms with van der Waals surface area (Å²) < 4.78 is 18.4. The second-order valence-electron chi connectivity index (χ2n) is 5.99. The summed E-state index contributed by atoms with van der Waals surface area (Å²) in [4.78, 5) is 21.5. The van der Waals surface area contributed by atoms with Crippen molar-refractivity contribution in [2.45, 2.75) is 22.5 Å². The summed E-state index contributed by atoms with van der Waals surface area (Å²) in [6, 6.07) is 16.2. The molecule has 0 spiro atoms. The highest BCUT2D eigenvalue weighted by Crippen LogP contribution is 2.31. The van der Waals surface area contributed by atoms with E-state index in [1.807, 2.05) is 36.6 Å². The third-order valence-corrected chi connectivity index (χ3v) is 5.59. The molecule has 1 N–H and O–H groups in total. The fourth-order valence-corrected chi connectivity index (χ4v) is 3.98. The Balaban J connectivity index is 1.91. The lowest BCUT2D eigenvalue weighted by Crippen LogP contribution is -2.14. The lowest BCUT2D eigenvalue weighted by Gasteiger charge is -2.14. The first-order valence-electron chi connectivity index (χ1n) is 8.80. The van der Waals surface area contributed by atoms with Crippen molar-refractivity contribution in [2.75, 3.05) is 18.7 Å². The van der Waals surface area contributed by atoms with Crippen LogP contribution in [-0.4, -0.2) is 29.3 Å². The van der Waals surface area contributed by atoms with E-state index < -0.39 is 5.97 Å². The number of rotatable bonds is 8. The second kappa shape index (κ2) is 10.3. The average molecular weight is 430 g/mol. The highest BCUT2D eigenvalue weighted by atomic mass is 32.2. The fraction of sp³-hybridized carbons (Fsp3) is 0.190. The summed E-state index contributed by atoms with van der Waals surface area (Å²) in [6.07, 6.45) is 1.87. The number of aromatic nitrogens is 2. The Hall–Kier alpha value is -2.58. The Bertz CT molecular complexity index is 987. The van der Waals surface area contributed by atoms with Crippen LogP contribution in [-0.2, 0) is 17.0 Å². The number of nitrogens with zero attached hydrogens (tertiary/aromatic N) is 2. The van der Waals surface area contributed by atoms with Gasteiger partial charge in [0, 0.05) is 12.3 Å². The summed E-state index contributed by atoms with van der Waals surface area (Å²) in [5.74, 6) is 0.189. The molecular formula is C21H20FN3O2S2. The van der Waals surface area contributed by atoms with E-state index in [0.29, 0.717) is 28.3 Å². The molecule has 3 aromatic rings. The van der Waals surface area contributed by atoms with Gasteiger partial charge in [-0.25, -0.2) is 19.2 Å². The standard InChI is InChI=1S/C21H20FN3O2S2/c1-27-20(26)17-18(23-12-15-9-6-10-16(22)11-15)24-21(28-2)25-19(17)29-13-14-7-4-3-5-8-14/h3-11H,12-13H2,1-2H3,(H,23,24,25). The summed E-state index contributed by atoms with van der Waals surface area (Å²) >= 11 is 2.83. The number of anilines is 1. The van der Waals surface area contributed by atoms with Gasteiger partial charge in [-0.3, -0.25) is 0 Å². The van der Waals surface area contributed by atoms with E-state index in [1.165, 1.54) is 42.8 Å².